The highest BCUT2D eigenvalue weighted by atomic mass is 79.9. The number of aromatic nitrogens is 2. The zero-order valence-electron chi connectivity index (χ0n) is 22.3. The number of halogens is 2. The van der Waals surface area contributed by atoms with E-state index in [9.17, 15) is 19.6 Å². The first-order valence-electron chi connectivity index (χ1n) is 12.7. The van der Waals surface area contributed by atoms with Gasteiger partial charge in [-0.1, -0.05) is 17.7 Å². The molecule has 4 aromatic rings. The molecule has 0 aliphatic carbocycles. The van der Waals surface area contributed by atoms with Crippen LogP contribution in [0.25, 0.3) is 5.69 Å². The molecule has 41 heavy (non-hydrogen) atoms. The van der Waals surface area contributed by atoms with Crippen LogP contribution in [0.15, 0.2) is 69.9 Å². The molecule has 0 saturated heterocycles. The molecule has 0 saturated carbocycles. The van der Waals surface area contributed by atoms with Crippen LogP contribution in [0.5, 0.6) is 5.75 Å². The maximum Gasteiger partial charge on any atom is 0.333 e. The van der Waals surface area contributed by atoms with Crippen molar-refractivity contribution in [3.8, 4) is 17.5 Å². The molecule has 208 valence electrons. The summed E-state index contributed by atoms with van der Waals surface area (Å²) in [6, 6.07) is 19.0. The molecule has 0 unspecified atom stereocenters. The number of fused-ring (bicyclic) bond motifs is 1. The summed E-state index contributed by atoms with van der Waals surface area (Å²) in [5.74, 6) is -0.00796. The molecule has 0 spiro atoms. The Bertz CT molecular complexity index is 1770. The summed E-state index contributed by atoms with van der Waals surface area (Å²) in [6.07, 6.45) is 0. The van der Waals surface area contributed by atoms with E-state index in [-0.39, 0.29) is 37.8 Å². The van der Waals surface area contributed by atoms with Crippen LogP contribution in [0.4, 0.5) is 0 Å². The van der Waals surface area contributed by atoms with E-state index in [0.717, 1.165) is 11.1 Å². The topological polar surface area (TPSA) is 109 Å². The Kier molecular flexibility index (Phi) is 8.01. The van der Waals surface area contributed by atoms with Gasteiger partial charge in [-0.05, 0) is 88.6 Å². The SMILES string of the molecule is COc1ccc(CNC(=O)c2c3n(c(=O)n2-c2ccc(C#N)cc2)CCN(C(=O)c2ccc(Br)c(Cl)c2)C3)c(C)c1. The van der Waals surface area contributed by atoms with Crippen LogP contribution in [-0.2, 0) is 19.6 Å². The Morgan fingerprint density at radius 3 is 2.51 bits per heavy atom. The predicted octanol–water partition coefficient (Wildman–Crippen LogP) is 4.83. The Morgan fingerprint density at radius 1 is 1.10 bits per heavy atom. The third-order valence-corrected chi connectivity index (χ3v) is 8.32. The smallest absolute Gasteiger partial charge is 0.333 e. The maximum atomic E-state index is 13.8. The van der Waals surface area contributed by atoms with Crippen molar-refractivity contribution in [2.75, 3.05) is 13.7 Å². The van der Waals surface area contributed by atoms with Crippen molar-refractivity contribution in [2.45, 2.75) is 26.6 Å². The molecule has 3 aromatic carbocycles. The average molecular weight is 635 g/mol. The second-order valence-corrected chi connectivity index (χ2v) is 10.8. The molecule has 2 amide bonds. The van der Waals surface area contributed by atoms with Crippen molar-refractivity contribution in [2.24, 2.45) is 0 Å². The molecule has 9 nitrogen and oxygen atoms in total. The van der Waals surface area contributed by atoms with E-state index in [2.05, 4.69) is 27.3 Å². The van der Waals surface area contributed by atoms with Gasteiger partial charge in [0.15, 0.2) is 0 Å². The molecule has 1 aromatic heterocycles. The van der Waals surface area contributed by atoms with Crippen LogP contribution in [0.2, 0.25) is 5.02 Å². The van der Waals surface area contributed by atoms with Crippen LogP contribution in [0.3, 0.4) is 0 Å². The Hall–Kier alpha value is -4.33. The van der Waals surface area contributed by atoms with E-state index in [1.54, 1.807) is 54.5 Å². The second-order valence-electron chi connectivity index (χ2n) is 9.55. The normalized spacial score (nSPS) is 12.4. The first-order valence-corrected chi connectivity index (χ1v) is 13.9. The minimum absolute atomic E-state index is 0.0509. The number of carbonyl (C=O) groups excluding carboxylic acids is 2. The van der Waals surface area contributed by atoms with Gasteiger partial charge in [-0.2, -0.15) is 5.26 Å². The molecule has 5 rings (SSSR count). The first-order chi connectivity index (χ1) is 19.7. The van der Waals surface area contributed by atoms with Gasteiger partial charge in [0.05, 0.1) is 41.7 Å². The minimum Gasteiger partial charge on any atom is -0.497 e. The Morgan fingerprint density at radius 2 is 1.85 bits per heavy atom. The van der Waals surface area contributed by atoms with Gasteiger partial charge in [-0.15, -0.1) is 0 Å². The summed E-state index contributed by atoms with van der Waals surface area (Å²) in [5, 5.41) is 12.6. The summed E-state index contributed by atoms with van der Waals surface area (Å²) in [4.78, 5) is 42.5. The number of imidazole rings is 1. The van der Waals surface area contributed by atoms with Gasteiger partial charge in [0, 0.05) is 29.7 Å². The van der Waals surface area contributed by atoms with Crippen LogP contribution in [-0.4, -0.2) is 39.5 Å². The van der Waals surface area contributed by atoms with Crippen molar-refractivity contribution in [3.63, 3.8) is 0 Å². The molecule has 11 heteroatoms. The number of amides is 2. The number of methoxy groups -OCH3 is 1. The number of hydrogen-bond donors (Lipinski definition) is 1. The van der Waals surface area contributed by atoms with Crippen molar-refractivity contribution in [1.29, 1.82) is 5.26 Å². The van der Waals surface area contributed by atoms with E-state index in [4.69, 9.17) is 16.3 Å². The number of nitrogens with one attached hydrogen (secondary N) is 1. The number of hydrogen-bond acceptors (Lipinski definition) is 5. The lowest BCUT2D eigenvalue weighted by Gasteiger charge is -2.28. The van der Waals surface area contributed by atoms with Crippen molar-refractivity contribution in [3.05, 3.63) is 114 Å². The third-order valence-electron chi connectivity index (χ3n) is 7.09. The van der Waals surface area contributed by atoms with Gasteiger partial charge in [0.2, 0.25) is 0 Å². The highest BCUT2D eigenvalue weighted by molar-refractivity contribution is 9.10. The zero-order chi connectivity index (χ0) is 29.3. The maximum absolute atomic E-state index is 13.8. The van der Waals surface area contributed by atoms with Crippen LogP contribution in [0.1, 0.15) is 43.2 Å². The number of carbonyl (C=O) groups is 2. The molecule has 0 radical (unpaired) electrons. The molecular weight excluding hydrogens is 610 g/mol. The predicted molar refractivity (Wildman–Crippen MR) is 158 cm³/mol. The largest absolute Gasteiger partial charge is 0.497 e. The van der Waals surface area contributed by atoms with Gasteiger partial charge in [0.25, 0.3) is 11.8 Å². The summed E-state index contributed by atoms with van der Waals surface area (Å²) < 4.78 is 8.83. The lowest BCUT2D eigenvalue weighted by Crippen LogP contribution is -2.41. The molecule has 1 N–H and O–H groups in total. The summed E-state index contributed by atoms with van der Waals surface area (Å²) in [5.41, 5.74) is 3.27. The minimum atomic E-state index is -0.462. The van der Waals surface area contributed by atoms with Crippen LogP contribution < -0.4 is 15.7 Å². The quantitative estimate of drug-likeness (QED) is 0.327. The molecule has 0 atom stereocenters. The number of aryl methyl sites for hydroxylation is 1. The van der Waals surface area contributed by atoms with Gasteiger partial charge in [0.1, 0.15) is 11.4 Å². The fourth-order valence-electron chi connectivity index (χ4n) is 4.86. The molecular formula is C30H25BrClN5O4. The van der Waals surface area contributed by atoms with E-state index in [1.807, 2.05) is 25.1 Å². The van der Waals surface area contributed by atoms with E-state index in [1.165, 1.54) is 9.13 Å². The molecule has 1 aliphatic heterocycles. The number of nitrogens with zero attached hydrogens (tertiary/aromatic N) is 4. The monoisotopic (exact) mass is 633 g/mol. The fraction of sp³-hybridized carbons (Fsp3) is 0.200. The van der Waals surface area contributed by atoms with Crippen LogP contribution in [0, 0.1) is 18.3 Å². The highest BCUT2D eigenvalue weighted by Gasteiger charge is 2.32. The van der Waals surface area contributed by atoms with Gasteiger partial charge in [-0.3, -0.25) is 18.7 Å². The summed E-state index contributed by atoms with van der Waals surface area (Å²) in [6.45, 7) is 2.69. The summed E-state index contributed by atoms with van der Waals surface area (Å²) >= 11 is 9.57. The lowest BCUT2D eigenvalue weighted by molar-refractivity contribution is 0.0706. The zero-order valence-corrected chi connectivity index (χ0v) is 24.6. The first kappa shape index (κ1) is 28.2. The van der Waals surface area contributed by atoms with E-state index >= 15 is 0 Å². The fourth-order valence-corrected chi connectivity index (χ4v) is 5.28. The Labute approximate surface area is 249 Å². The van der Waals surface area contributed by atoms with Gasteiger partial charge < -0.3 is 15.0 Å². The van der Waals surface area contributed by atoms with Crippen molar-refractivity contribution in [1.82, 2.24) is 19.4 Å². The third kappa shape index (κ3) is 5.51. The molecule has 0 bridgehead atoms. The van der Waals surface area contributed by atoms with E-state index in [0.29, 0.717) is 37.8 Å². The molecule has 0 fully saturated rings. The lowest BCUT2D eigenvalue weighted by atomic mass is 10.1. The van der Waals surface area contributed by atoms with Crippen LogP contribution >= 0.6 is 27.5 Å². The number of benzene rings is 3. The number of rotatable bonds is 6. The molecule has 2 heterocycles. The Balaban J connectivity index is 1.53. The standard InChI is InChI=1S/C30H25BrClN5O4/c1-18-13-23(41-2)9-5-21(18)16-34-28(38)27-26-17-35(29(39)20-6-10-24(31)25(32)14-20)11-12-36(26)30(40)37(27)22-7-3-19(15-33)4-8-22/h3-10,13-14H,11-12,16-17H2,1-2H3,(H,34,38). The van der Waals surface area contributed by atoms with E-state index < -0.39 is 11.6 Å². The number of nitriles is 1. The average Bonchev–Trinajstić information content (AvgIpc) is 3.28. The summed E-state index contributed by atoms with van der Waals surface area (Å²) in [7, 11) is 1.59. The number of ether oxygens (including phenoxy) is 1. The van der Waals surface area contributed by atoms with Crippen molar-refractivity contribution < 1.29 is 14.3 Å². The van der Waals surface area contributed by atoms with Gasteiger partial charge >= 0.3 is 5.69 Å². The molecule has 1 aliphatic rings. The second kappa shape index (κ2) is 11.6. The van der Waals surface area contributed by atoms with Gasteiger partial charge in [-0.25, -0.2) is 4.79 Å². The highest BCUT2D eigenvalue weighted by Crippen LogP contribution is 2.26. The van der Waals surface area contributed by atoms with Crippen molar-refractivity contribution >= 4 is 39.3 Å².